The van der Waals surface area contributed by atoms with Gasteiger partial charge >= 0.3 is 12.4 Å². The quantitative estimate of drug-likeness (QED) is 0.262. The van der Waals surface area contributed by atoms with Crippen LogP contribution < -0.4 is 5.32 Å². The second kappa shape index (κ2) is 10.6. The number of halogens is 8. The van der Waals surface area contributed by atoms with Crippen molar-refractivity contribution in [3.05, 3.63) is 53.7 Å². The Hall–Kier alpha value is -4.29. The van der Waals surface area contributed by atoms with E-state index in [-0.39, 0.29) is 40.2 Å². The van der Waals surface area contributed by atoms with Crippen molar-refractivity contribution in [3.8, 4) is 17.3 Å². The molecule has 3 heterocycles. The maximum absolute atomic E-state index is 13.7. The van der Waals surface area contributed by atoms with Gasteiger partial charge < -0.3 is 9.88 Å². The van der Waals surface area contributed by atoms with E-state index in [1.807, 2.05) is 6.07 Å². The van der Waals surface area contributed by atoms with Crippen LogP contribution in [0.5, 0.6) is 0 Å². The van der Waals surface area contributed by atoms with Crippen LogP contribution in [-0.4, -0.2) is 41.8 Å². The zero-order valence-corrected chi connectivity index (χ0v) is 20.9. The lowest BCUT2D eigenvalue weighted by Gasteiger charge is -2.31. The molecule has 0 aliphatic heterocycles. The lowest BCUT2D eigenvalue weighted by atomic mass is 9.90. The van der Waals surface area contributed by atoms with Crippen molar-refractivity contribution in [1.29, 1.82) is 5.26 Å². The number of aromatic nitrogens is 6. The molecule has 8 nitrogen and oxygen atoms in total. The van der Waals surface area contributed by atoms with E-state index < -0.39 is 42.1 Å². The van der Waals surface area contributed by atoms with Gasteiger partial charge in [0.2, 0.25) is 5.95 Å². The molecule has 2 atom stereocenters. The molecular weight excluding hydrogens is 564 g/mol. The molecule has 1 aliphatic rings. The summed E-state index contributed by atoms with van der Waals surface area (Å²) < 4.78 is 109. The molecule has 1 fully saturated rings. The average molecular weight is 584 g/mol. The number of hydrogen-bond donors (Lipinski definition) is 1. The number of nitrogens with zero attached hydrogens (tertiary/aromatic N) is 7. The first kappa shape index (κ1) is 28.2. The fourth-order valence-corrected chi connectivity index (χ4v) is 5.03. The Morgan fingerprint density at radius 1 is 1.05 bits per heavy atom. The molecule has 216 valence electrons. The van der Waals surface area contributed by atoms with Crippen molar-refractivity contribution in [2.45, 2.75) is 63.1 Å². The molecule has 0 unspecified atom stereocenters. The van der Waals surface area contributed by atoms with Gasteiger partial charge in [-0.2, -0.15) is 36.7 Å². The van der Waals surface area contributed by atoms with Gasteiger partial charge in [0.25, 0.3) is 6.43 Å². The summed E-state index contributed by atoms with van der Waals surface area (Å²) in [5.74, 6) is -0.122. The van der Waals surface area contributed by atoms with E-state index in [0.29, 0.717) is 31.9 Å². The van der Waals surface area contributed by atoms with Gasteiger partial charge in [0.15, 0.2) is 0 Å². The van der Waals surface area contributed by atoms with Crippen molar-refractivity contribution < 1.29 is 35.1 Å². The monoisotopic (exact) mass is 584 g/mol. The molecule has 4 aromatic rings. The minimum atomic E-state index is -4.82. The van der Waals surface area contributed by atoms with Gasteiger partial charge in [0, 0.05) is 30.0 Å². The van der Waals surface area contributed by atoms with Crippen LogP contribution in [0.15, 0.2) is 37.1 Å². The summed E-state index contributed by atoms with van der Waals surface area (Å²) in [4.78, 5) is 12.0. The Labute approximate surface area is 226 Å². The predicted molar refractivity (Wildman–Crippen MR) is 129 cm³/mol. The maximum Gasteiger partial charge on any atom is 0.419 e. The number of nitriles is 1. The first-order valence-electron chi connectivity index (χ1n) is 12.3. The zero-order valence-electron chi connectivity index (χ0n) is 20.9. The van der Waals surface area contributed by atoms with Crippen LogP contribution in [0.25, 0.3) is 22.3 Å². The Morgan fingerprint density at radius 3 is 2.51 bits per heavy atom. The molecule has 16 heteroatoms. The second-order valence-corrected chi connectivity index (χ2v) is 9.61. The largest absolute Gasteiger partial charge is 0.419 e. The smallest absolute Gasteiger partial charge is 0.351 e. The minimum Gasteiger partial charge on any atom is -0.351 e. The van der Waals surface area contributed by atoms with Gasteiger partial charge in [-0.15, -0.1) is 0 Å². The van der Waals surface area contributed by atoms with E-state index in [9.17, 15) is 40.4 Å². The Bertz CT molecular complexity index is 1600. The predicted octanol–water partition coefficient (Wildman–Crippen LogP) is 6.46. The van der Waals surface area contributed by atoms with Crippen LogP contribution in [-0.2, 0) is 18.9 Å². The van der Waals surface area contributed by atoms with Crippen LogP contribution in [0, 0.1) is 11.3 Å². The maximum atomic E-state index is 13.7. The molecule has 0 saturated heterocycles. The Morgan fingerprint density at radius 2 is 1.83 bits per heavy atom. The molecule has 1 aliphatic carbocycles. The molecule has 0 radical (unpaired) electrons. The first-order chi connectivity index (χ1) is 19.3. The topological polar surface area (TPSA) is 97.2 Å². The minimum absolute atomic E-state index is 0.0227. The molecule has 1 N–H and O–H groups in total. The third-order valence-corrected chi connectivity index (χ3v) is 6.82. The molecular formula is C25H20F8N8. The van der Waals surface area contributed by atoms with E-state index in [2.05, 4.69) is 25.4 Å². The fourth-order valence-electron chi connectivity index (χ4n) is 5.03. The number of fused-ring (bicyclic) bond motifs is 1. The Kier molecular flexibility index (Phi) is 7.30. The summed E-state index contributed by atoms with van der Waals surface area (Å²) in [6.45, 7) is -0.797. The molecule has 5 rings (SSSR count). The molecule has 1 aromatic carbocycles. The summed E-state index contributed by atoms with van der Waals surface area (Å²) in [6.07, 6.45) is -5.91. The highest BCUT2D eigenvalue weighted by Crippen LogP contribution is 2.38. The van der Waals surface area contributed by atoms with E-state index in [0.717, 1.165) is 29.2 Å². The van der Waals surface area contributed by atoms with Crippen molar-refractivity contribution in [1.82, 2.24) is 29.3 Å². The summed E-state index contributed by atoms with van der Waals surface area (Å²) in [6, 6.07) is 2.86. The van der Waals surface area contributed by atoms with Crippen LogP contribution in [0.3, 0.4) is 0 Å². The SMILES string of the molecule is N#Cc1cc(C(F)(F)F)cc2ncn([C@H]3CCC[C@@H](Nc4ncc(C(F)(F)F)c(-c5cnn(CC(F)F)c5)n4)C3)c12. The fraction of sp³-hybridized carbons (Fsp3) is 0.400. The highest BCUT2D eigenvalue weighted by molar-refractivity contribution is 5.83. The molecule has 0 bridgehead atoms. The standard InChI is InChI=1S/C25H20F8N8/c26-20(27)11-40-10-14(8-37-40)21-18(25(31,32)33)9-35-23(39-21)38-16-2-1-3-17(6-16)41-12-36-19-5-15(24(28,29)30)4-13(7-34)22(19)41/h4-5,8-10,12,16-17,20H,1-3,6,11H2,(H,35,38,39)/t16-,17+/m1/s1. The van der Waals surface area contributed by atoms with Crippen LogP contribution in [0.1, 0.15) is 48.4 Å². The third kappa shape index (κ3) is 5.93. The molecule has 0 spiro atoms. The van der Waals surface area contributed by atoms with Crippen molar-refractivity contribution >= 4 is 17.0 Å². The number of hydrogen-bond acceptors (Lipinski definition) is 6. The third-order valence-electron chi connectivity index (χ3n) is 6.82. The van der Waals surface area contributed by atoms with E-state index in [1.54, 1.807) is 4.57 Å². The van der Waals surface area contributed by atoms with Gasteiger partial charge in [0.1, 0.15) is 18.2 Å². The van der Waals surface area contributed by atoms with Gasteiger partial charge in [-0.3, -0.25) is 4.68 Å². The van der Waals surface area contributed by atoms with Crippen LogP contribution in [0.2, 0.25) is 0 Å². The van der Waals surface area contributed by atoms with Gasteiger partial charge in [-0.05, 0) is 37.8 Å². The van der Waals surface area contributed by atoms with Gasteiger partial charge in [0.05, 0.1) is 40.4 Å². The van der Waals surface area contributed by atoms with Crippen LogP contribution >= 0.6 is 0 Å². The normalized spacial score (nSPS) is 18.1. The number of nitrogens with one attached hydrogen (secondary N) is 1. The summed E-state index contributed by atoms with van der Waals surface area (Å²) in [5, 5.41) is 16.3. The summed E-state index contributed by atoms with van der Waals surface area (Å²) >= 11 is 0. The number of anilines is 1. The summed E-state index contributed by atoms with van der Waals surface area (Å²) in [5.41, 5.74) is -2.67. The zero-order chi connectivity index (χ0) is 29.5. The van der Waals surface area contributed by atoms with E-state index in [1.165, 1.54) is 6.33 Å². The van der Waals surface area contributed by atoms with E-state index >= 15 is 0 Å². The second-order valence-electron chi connectivity index (χ2n) is 9.61. The molecule has 41 heavy (non-hydrogen) atoms. The van der Waals surface area contributed by atoms with Crippen molar-refractivity contribution in [3.63, 3.8) is 0 Å². The number of rotatable bonds is 6. The molecule has 0 amide bonds. The number of imidazole rings is 1. The average Bonchev–Trinajstić information content (AvgIpc) is 3.54. The highest BCUT2D eigenvalue weighted by Gasteiger charge is 2.36. The number of alkyl halides is 8. The van der Waals surface area contributed by atoms with Crippen molar-refractivity contribution in [2.24, 2.45) is 0 Å². The lowest BCUT2D eigenvalue weighted by molar-refractivity contribution is -0.138. The van der Waals surface area contributed by atoms with E-state index in [4.69, 9.17) is 0 Å². The first-order valence-corrected chi connectivity index (χ1v) is 12.3. The summed E-state index contributed by atoms with van der Waals surface area (Å²) in [7, 11) is 0. The number of benzene rings is 1. The lowest BCUT2D eigenvalue weighted by Crippen LogP contribution is -2.29. The van der Waals surface area contributed by atoms with Crippen LogP contribution in [0.4, 0.5) is 41.1 Å². The van der Waals surface area contributed by atoms with Gasteiger partial charge in [-0.25, -0.2) is 23.7 Å². The molecule has 3 aromatic heterocycles. The Balaban J connectivity index is 1.41. The van der Waals surface area contributed by atoms with Gasteiger partial charge in [-0.1, -0.05) is 0 Å². The highest BCUT2D eigenvalue weighted by atomic mass is 19.4. The van der Waals surface area contributed by atoms with Crippen molar-refractivity contribution in [2.75, 3.05) is 5.32 Å². The molecule has 1 saturated carbocycles.